The molecule has 2 N–H and O–H groups in total. The third kappa shape index (κ3) is 3.55. The van der Waals surface area contributed by atoms with E-state index in [2.05, 4.69) is 35.9 Å². The molecule has 0 radical (unpaired) electrons. The quantitative estimate of drug-likeness (QED) is 0.509. The van der Waals surface area contributed by atoms with E-state index in [1.165, 1.54) is 0 Å². The highest BCUT2D eigenvalue weighted by Gasteiger charge is 2.15. The number of rotatable bonds is 2. The molecule has 0 aliphatic heterocycles. The monoisotopic (exact) mass is 304 g/mol. The molecule has 0 aliphatic rings. The van der Waals surface area contributed by atoms with Crippen LogP contribution in [0.25, 0.3) is 0 Å². The smallest absolute Gasteiger partial charge is 0.314 e. The first-order valence-electron chi connectivity index (χ1n) is 5.76. The van der Waals surface area contributed by atoms with E-state index < -0.39 is 11.8 Å². The van der Waals surface area contributed by atoms with E-state index >= 15 is 0 Å². The van der Waals surface area contributed by atoms with Crippen LogP contribution in [0.1, 0.15) is 0 Å². The Balaban J connectivity index is 2.05. The van der Waals surface area contributed by atoms with Crippen LogP contribution in [0, 0.1) is 0 Å². The highest BCUT2D eigenvalue weighted by Crippen LogP contribution is 2.20. The second kappa shape index (κ2) is 6.49. The van der Waals surface area contributed by atoms with E-state index in [1.807, 2.05) is 0 Å². The van der Waals surface area contributed by atoms with Gasteiger partial charge in [0.05, 0.1) is 11.4 Å². The van der Waals surface area contributed by atoms with Gasteiger partial charge in [-0.05, 0) is 24.3 Å². The number of benzene rings is 2. The van der Waals surface area contributed by atoms with E-state index in [0.29, 0.717) is 21.2 Å². The molecule has 20 heavy (non-hydrogen) atoms. The Labute approximate surface area is 127 Å². The molecule has 0 bridgehead atoms. The van der Waals surface area contributed by atoms with Crippen molar-refractivity contribution in [1.82, 2.24) is 0 Å². The third-order valence-corrected chi connectivity index (χ3v) is 3.29. The summed E-state index contributed by atoms with van der Waals surface area (Å²) in [5.74, 6) is -1.52. The number of nitrogens with one attached hydrogen (secondary N) is 2. The summed E-state index contributed by atoms with van der Waals surface area (Å²) in [6.45, 7) is 0. The van der Waals surface area contributed by atoms with Gasteiger partial charge in [-0.25, -0.2) is 0 Å². The second-order valence-electron chi connectivity index (χ2n) is 3.94. The van der Waals surface area contributed by atoms with Crippen molar-refractivity contribution in [3.8, 4) is 0 Å². The predicted molar refractivity (Wildman–Crippen MR) is 84.6 cm³/mol. The molecule has 0 fully saturated rings. The van der Waals surface area contributed by atoms with Crippen LogP contribution in [0.5, 0.6) is 0 Å². The van der Waals surface area contributed by atoms with Crippen molar-refractivity contribution in [3.63, 3.8) is 0 Å². The minimum Gasteiger partial charge on any atom is -0.317 e. The molecular weight excluding hydrogens is 292 g/mol. The Hall–Kier alpha value is -1.92. The molecule has 2 aromatic rings. The highest BCUT2D eigenvalue weighted by atomic mass is 32.1. The lowest BCUT2D eigenvalue weighted by atomic mass is 10.3. The maximum atomic E-state index is 11.8. The molecule has 0 spiro atoms. The summed E-state index contributed by atoms with van der Waals surface area (Å²) in [5, 5.41) is 4.99. The molecule has 0 atom stereocenters. The SMILES string of the molecule is O=C(Nc1ccccc1S)C(=O)Nc1ccccc1S. The number of para-hydroxylation sites is 2. The zero-order valence-corrected chi connectivity index (χ0v) is 12.1. The van der Waals surface area contributed by atoms with Crippen molar-refractivity contribution >= 4 is 48.4 Å². The second-order valence-corrected chi connectivity index (χ2v) is 4.91. The fraction of sp³-hybridized carbons (Fsp3) is 0. The van der Waals surface area contributed by atoms with Gasteiger partial charge in [0.2, 0.25) is 0 Å². The summed E-state index contributed by atoms with van der Waals surface area (Å²) < 4.78 is 0. The Morgan fingerprint density at radius 1 is 0.700 bits per heavy atom. The van der Waals surface area contributed by atoms with Crippen LogP contribution < -0.4 is 10.6 Å². The number of anilines is 2. The van der Waals surface area contributed by atoms with Gasteiger partial charge in [0.25, 0.3) is 0 Å². The normalized spacial score (nSPS) is 9.90. The number of thiol groups is 2. The summed E-state index contributed by atoms with van der Waals surface area (Å²) in [5.41, 5.74) is 0.963. The molecule has 4 nitrogen and oxygen atoms in total. The van der Waals surface area contributed by atoms with Crippen LogP contribution in [-0.4, -0.2) is 11.8 Å². The van der Waals surface area contributed by atoms with Crippen LogP contribution in [0.3, 0.4) is 0 Å². The van der Waals surface area contributed by atoms with Crippen molar-refractivity contribution in [3.05, 3.63) is 48.5 Å². The van der Waals surface area contributed by atoms with Gasteiger partial charge >= 0.3 is 11.8 Å². The van der Waals surface area contributed by atoms with Gasteiger partial charge in [0.1, 0.15) is 0 Å². The van der Waals surface area contributed by atoms with Gasteiger partial charge in [0, 0.05) is 9.79 Å². The highest BCUT2D eigenvalue weighted by molar-refractivity contribution is 7.80. The summed E-state index contributed by atoms with van der Waals surface area (Å²) in [6, 6.07) is 13.8. The maximum absolute atomic E-state index is 11.8. The van der Waals surface area contributed by atoms with Crippen molar-refractivity contribution in [2.45, 2.75) is 9.79 Å². The zero-order valence-electron chi connectivity index (χ0n) is 10.3. The number of hydrogen-bond acceptors (Lipinski definition) is 4. The molecule has 0 heterocycles. The molecule has 0 aliphatic carbocycles. The van der Waals surface area contributed by atoms with E-state index in [1.54, 1.807) is 48.5 Å². The Bertz CT molecular complexity index is 602. The molecule has 102 valence electrons. The van der Waals surface area contributed by atoms with Crippen LogP contribution in [-0.2, 0) is 9.59 Å². The summed E-state index contributed by atoms with van der Waals surface area (Å²) in [4.78, 5) is 24.8. The zero-order chi connectivity index (χ0) is 14.5. The van der Waals surface area contributed by atoms with Gasteiger partial charge < -0.3 is 10.6 Å². The summed E-state index contributed by atoms with van der Waals surface area (Å²) in [7, 11) is 0. The number of amides is 2. The van der Waals surface area contributed by atoms with Crippen LogP contribution in [0.4, 0.5) is 11.4 Å². The van der Waals surface area contributed by atoms with Gasteiger partial charge in [-0.2, -0.15) is 0 Å². The molecule has 2 aromatic carbocycles. The first-order valence-corrected chi connectivity index (χ1v) is 6.65. The molecule has 0 saturated heterocycles. The summed E-state index contributed by atoms with van der Waals surface area (Å²) >= 11 is 8.40. The molecule has 6 heteroatoms. The Morgan fingerprint density at radius 3 is 1.40 bits per heavy atom. The third-order valence-electron chi connectivity index (χ3n) is 2.51. The fourth-order valence-corrected chi connectivity index (χ4v) is 1.95. The number of hydrogen-bond donors (Lipinski definition) is 4. The van der Waals surface area contributed by atoms with Crippen LogP contribution in [0.2, 0.25) is 0 Å². The minimum absolute atomic E-state index is 0.482. The van der Waals surface area contributed by atoms with Crippen molar-refractivity contribution in [2.75, 3.05) is 10.6 Å². The fourth-order valence-electron chi connectivity index (χ4n) is 1.52. The predicted octanol–water partition coefficient (Wildman–Crippen LogP) is 2.84. The lowest BCUT2D eigenvalue weighted by Crippen LogP contribution is -2.29. The average Bonchev–Trinajstić information content (AvgIpc) is 2.43. The molecular formula is C14H12N2O2S2. The molecule has 2 amide bonds. The Kier molecular flexibility index (Phi) is 4.70. The standard InChI is InChI=1S/C14H12N2O2S2/c17-13(15-9-5-1-3-7-11(9)19)14(18)16-10-6-2-4-8-12(10)20/h1-8,19-20H,(H,15,17)(H,16,18). The van der Waals surface area contributed by atoms with E-state index in [-0.39, 0.29) is 0 Å². The van der Waals surface area contributed by atoms with Crippen molar-refractivity contribution < 1.29 is 9.59 Å². The minimum atomic E-state index is -0.761. The van der Waals surface area contributed by atoms with E-state index in [4.69, 9.17) is 0 Å². The average molecular weight is 304 g/mol. The largest absolute Gasteiger partial charge is 0.317 e. The van der Waals surface area contributed by atoms with Crippen molar-refractivity contribution in [2.24, 2.45) is 0 Å². The first kappa shape index (κ1) is 14.5. The number of carbonyl (C=O) groups is 2. The maximum Gasteiger partial charge on any atom is 0.314 e. The lowest BCUT2D eigenvalue weighted by molar-refractivity contribution is -0.133. The molecule has 0 saturated carbocycles. The van der Waals surface area contributed by atoms with Gasteiger partial charge in [0.15, 0.2) is 0 Å². The Morgan fingerprint density at radius 2 is 1.05 bits per heavy atom. The molecule has 0 aromatic heterocycles. The van der Waals surface area contributed by atoms with E-state index in [9.17, 15) is 9.59 Å². The topological polar surface area (TPSA) is 58.2 Å². The molecule has 2 rings (SSSR count). The van der Waals surface area contributed by atoms with Crippen LogP contribution >= 0.6 is 25.3 Å². The van der Waals surface area contributed by atoms with Gasteiger partial charge in [-0.1, -0.05) is 24.3 Å². The first-order chi connectivity index (χ1) is 9.58. The van der Waals surface area contributed by atoms with Crippen molar-refractivity contribution in [1.29, 1.82) is 0 Å². The summed E-state index contributed by atoms with van der Waals surface area (Å²) in [6.07, 6.45) is 0. The number of carbonyl (C=O) groups excluding carboxylic acids is 2. The molecule has 0 unspecified atom stereocenters. The lowest BCUT2D eigenvalue weighted by Gasteiger charge is -2.09. The van der Waals surface area contributed by atoms with Crippen LogP contribution in [0.15, 0.2) is 58.3 Å². The van der Waals surface area contributed by atoms with Gasteiger partial charge in [-0.3, -0.25) is 9.59 Å². The van der Waals surface area contributed by atoms with E-state index in [0.717, 1.165) is 0 Å². The van der Waals surface area contributed by atoms with Gasteiger partial charge in [-0.15, -0.1) is 25.3 Å².